The lowest BCUT2D eigenvalue weighted by molar-refractivity contribution is -0.137. The van der Waals surface area contributed by atoms with E-state index in [2.05, 4.69) is 22.0 Å². The standard InChI is InChI=1S/C21H34F2N4O3/c1-20(2,3)10-17(27-18(28)7-15-8-21(22,23)9-15)19(29)26-16(11-24)6-14-4-5-25-13-30-12-14/h14-17,25H,4-10,12-13H2,1-3H3,(H,26,29)(H,27,28)/t14-,16-,17-/m0/s1. The van der Waals surface area contributed by atoms with E-state index in [4.69, 9.17) is 4.74 Å². The maximum atomic E-state index is 13.0. The Labute approximate surface area is 177 Å². The van der Waals surface area contributed by atoms with Gasteiger partial charge < -0.3 is 15.4 Å². The molecule has 2 fully saturated rings. The first kappa shape index (κ1) is 24.5. The minimum absolute atomic E-state index is 0.0163. The number of hydrogen-bond acceptors (Lipinski definition) is 5. The number of ether oxygens (including phenoxy) is 1. The summed E-state index contributed by atoms with van der Waals surface area (Å²) in [5.41, 5.74) is -0.248. The molecule has 3 atom stereocenters. The van der Waals surface area contributed by atoms with Gasteiger partial charge in [0.2, 0.25) is 17.7 Å². The van der Waals surface area contributed by atoms with Crippen LogP contribution in [-0.4, -0.2) is 49.7 Å². The van der Waals surface area contributed by atoms with Gasteiger partial charge in [0.25, 0.3) is 0 Å². The predicted octanol–water partition coefficient (Wildman–Crippen LogP) is 2.32. The zero-order valence-electron chi connectivity index (χ0n) is 18.1. The Bertz CT molecular complexity index is 629. The molecular weight excluding hydrogens is 394 g/mol. The molecule has 2 rings (SSSR count). The second-order valence-corrected chi connectivity index (χ2v) is 9.82. The van der Waals surface area contributed by atoms with E-state index in [-0.39, 0.29) is 36.5 Å². The molecule has 1 saturated carbocycles. The fourth-order valence-electron chi connectivity index (χ4n) is 3.96. The van der Waals surface area contributed by atoms with Crippen LogP contribution in [0.1, 0.15) is 59.3 Å². The van der Waals surface area contributed by atoms with Gasteiger partial charge in [0, 0.05) is 19.3 Å². The van der Waals surface area contributed by atoms with E-state index >= 15 is 0 Å². The topological polar surface area (TPSA) is 103 Å². The van der Waals surface area contributed by atoms with Gasteiger partial charge >= 0.3 is 0 Å². The van der Waals surface area contributed by atoms with E-state index in [1.54, 1.807) is 0 Å². The Morgan fingerprint density at radius 1 is 1.27 bits per heavy atom. The van der Waals surface area contributed by atoms with Crippen molar-refractivity contribution in [2.75, 3.05) is 19.9 Å². The lowest BCUT2D eigenvalue weighted by Crippen LogP contribution is -2.51. The van der Waals surface area contributed by atoms with Crippen molar-refractivity contribution in [2.45, 2.75) is 77.3 Å². The largest absolute Gasteiger partial charge is 0.366 e. The molecule has 0 radical (unpaired) electrons. The van der Waals surface area contributed by atoms with E-state index in [9.17, 15) is 23.6 Å². The van der Waals surface area contributed by atoms with Crippen molar-refractivity contribution in [2.24, 2.45) is 17.3 Å². The van der Waals surface area contributed by atoms with E-state index in [1.807, 2.05) is 20.8 Å². The summed E-state index contributed by atoms with van der Waals surface area (Å²) in [5.74, 6) is -3.70. The molecule has 3 N–H and O–H groups in total. The highest BCUT2D eigenvalue weighted by Crippen LogP contribution is 2.43. The van der Waals surface area contributed by atoms with Gasteiger partial charge in [-0.2, -0.15) is 5.26 Å². The van der Waals surface area contributed by atoms with Crippen molar-refractivity contribution in [3.05, 3.63) is 0 Å². The lowest BCUT2D eigenvalue weighted by atomic mass is 9.79. The Morgan fingerprint density at radius 2 is 1.97 bits per heavy atom. The molecule has 1 aliphatic heterocycles. The van der Waals surface area contributed by atoms with Crippen molar-refractivity contribution in [1.82, 2.24) is 16.0 Å². The molecule has 170 valence electrons. The molecule has 1 heterocycles. The van der Waals surface area contributed by atoms with Gasteiger partial charge in [0.05, 0.1) is 19.4 Å². The molecule has 1 saturated heterocycles. The molecule has 9 heteroatoms. The van der Waals surface area contributed by atoms with Gasteiger partial charge in [0.1, 0.15) is 12.1 Å². The normalized spacial score (nSPS) is 23.9. The summed E-state index contributed by atoms with van der Waals surface area (Å²) in [6.45, 7) is 7.64. The van der Waals surface area contributed by atoms with Crippen molar-refractivity contribution >= 4 is 11.8 Å². The van der Waals surface area contributed by atoms with Crippen molar-refractivity contribution in [1.29, 1.82) is 5.26 Å². The fourth-order valence-corrected chi connectivity index (χ4v) is 3.96. The molecule has 7 nitrogen and oxygen atoms in total. The maximum Gasteiger partial charge on any atom is 0.248 e. The summed E-state index contributed by atoms with van der Waals surface area (Å²) in [7, 11) is 0. The van der Waals surface area contributed by atoms with Gasteiger partial charge in [-0.3, -0.25) is 14.9 Å². The van der Waals surface area contributed by atoms with Crippen LogP contribution >= 0.6 is 0 Å². The monoisotopic (exact) mass is 428 g/mol. The van der Waals surface area contributed by atoms with Crippen LogP contribution in [0.15, 0.2) is 0 Å². The van der Waals surface area contributed by atoms with Crippen LogP contribution in [0.3, 0.4) is 0 Å². The van der Waals surface area contributed by atoms with E-state index < -0.39 is 29.8 Å². The molecule has 1 aliphatic carbocycles. The van der Waals surface area contributed by atoms with Crippen LogP contribution < -0.4 is 16.0 Å². The summed E-state index contributed by atoms with van der Waals surface area (Å²) >= 11 is 0. The smallest absolute Gasteiger partial charge is 0.248 e. The second-order valence-electron chi connectivity index (χ2n) is 9.82. The number of nitriles is 1. The second kappa shape index (κ2) is 10.5. The SMILES string of the molecule is CC(C)(C)C[C@H](NC(=O)CC1CC(F)(F)C1)C(=O)N[C@H](C#N)C[C@@H]1CCNCOC1. The molecule has 0 aromatic rings. The Balaban J connectivity index is 1.92. The zero-order valence-corrected chi connectivity index (χ0v) is 18.1. The summed E-state index contributed by atoms with van der Waals surface area (Å²) in [6, 6.07) is 0.623. The molecule has 0 bridgehead atoms. The number of carbonyl (C=O) groups excluding carboxylic acids is 2. The highest BCUT2D eigenvalue weighted by Gasteiger charge is 2.46. The van der Waals surface area contributed by atoms with Crippen LogP contribution in [-0.2, 0) is 14.3 Å². The van der Waals surface area contributed by atoms with Crippen molar-refractivity contribution in [3.8, 4) is 6.07 Å². The van der Waals surface area contributed by atoms with Crippen LogP contribution in [0.5, 0.6) is 0 Å². The number of nitrogens with one attached hydrogen (secondary N) is 3. The first-order valence-electron chi connectivity index (χ1n) is 10.6. The Hall–Kier alpha value is -1.79. The number of nitrogens with zero attached hydrogens (tertiary/aromatic N) is 1. The average Bonchev–Trinajstić information content (AvgIpc) is 2.86. The number of amides is 2. The molecule has 0 aromatic carbocycles. The van der Waals surface area contributed by atoms with Gasteiger partial charge in [-0.25, -0.2) is 8.78 Å². The average molecular weight is 429 g/mol. The molecule has 2 aliphatic rings. The summed E-state index contributed by atoms with van der Waals surface area (Å²) in [6.07, 6.45) is 1.11. The molecule has 0 aromatic heterocycles. The quantitative estimate of drug-likeness (QED) is 0.551. The van der Waals surface area contributed by atoms with E-state index in [1.165, 1.54) is 0 Å². The predicted molar refractivity (Wildman–Crippen MR) is 107 cm³/mol. The van der Waals surface area contributed by atoms with Crippen molar-refractivity contribution in [3.63, 3.8) is 0 Å². The zero-order chi connectivity index (χ0) is 22.4. The maximum absolute atomic E-state index is 13.0. The third-order valence-corrected chi connectivity index (χ3v) is 5.45. The third-order valence-electron chi connectivity index (χ3n) is 5.45. The number of rotatable bonds is 8. The fraction of sp³-hybridized carbons (Fsp3) is 0.857. The Kier molecular flexibility index (Phi) is 8.56. The molecule has 0 unspecified atom stereocenters. The lowest BCUT2D eigenvalue weighted by Gasteiger charge is -2.35. The number of carbonyl (C=O) groups is 2. The van der Waals surface area contributed by atoms with Crippen LogP contribution in [0.4, 0.5) is 8.78 Å². The first-order valence-corrected chi connectivity index (χ1v) is 10.6. The highest BCUT2D eigenvalue weighted by atomic mass is 19.3. The van der Waals surface area contributed by atoms with Gasteiger partial charge in [-0.05, 0) is 43.1 Å². The minimum atomic E-state index is -2.68. The number of halogens is 2. The van der Waals surface area contributed by atoms with E-state index in [0.29, 0.717) is 26.2 Å². The summed E-state index contributed by atoms with van der Waals surface area (Å²) < 4.78 is 31.5. The molecule has 0 spiro atoms. The number of alkyl halides is 2. The van der Waals surface area contributed by atoms with Crippen LogP contribution in [0.25, 0.3) is 0 Å². The van der Waals surface area contributed by atoms with Crippen molar-refractivity contribution < 1.29 is 23.1 Å². The molecule has 2 amide bonds. The van der Waals surface area contributed by atoms with Gasteiger partial charge in [0.15, 0.2) is 0 Å². The van der Waals surface area contributed by atoms with Crippen LogP contribution in [0, 0.1) is 28.6 Å². The third kappa shape index (κ3) is 8.52. The molecular formula is C21H34F2N4O3. The highest BCUT2D eigenvalue weighted by molar-refractivity contribution is 5.88. The first-order chi connectivity index (χ1) is 14.0. The van der Waals surface area contributed by atoms with Gasteiger partial charge in [-0.15, -0.1) is 0 Å². The molecule has 30 heavy (non-hydrogen) atoms. The van der Waals surface area contributed by atoms with E-state index in [0.717, 1.165) is 13.0 Å². The number of hydrogen-bond donors (Lipinski definition) is 3. The minimum Gasteiger partial charge on any atom is -0.366 e. The summed E-state index contributed by atoms with van der Waals surface area (Å²) in [4.78, 5) is 25.2. The Morgan fingerprint density at radius 3 is 2.57 bits per heavy atom. The summed E-state index contributed by atoms with van der Waals surface area (Å²) in [5, 5.41) is 18.1. The van der Waals surface area contributed by atoms with Crippen LogP contribution in [0.2, 0.25) is 0 Å². The van der Waals surface area contributed by atoms with Gasteiger partial charge in [-0.1, -0.05) is 20.8 Å².